The summed E-state index contributed by atoms with van der Waals surface area (Å²) in [6.07, 6.45) is -5.27. The normalized spacial score (nSPS) is 29.2. The van der Waals surface area contributed by atoms with Gasteiger partial charge in [0.05, 0.1) is 18.8 Å². The highest BCUT2D eigenvalue weighted by atomic mass is 19.4. The molecule has 2 aliphatic heterocycles. The van der Waals surface area contributed by atoms with Gasteiger partial charge in [0.2, 0.25) is 5.91 Å². The summed E-state index contributed by atoms with van der Waals surface area (Å²) >= 11 is 0. The molecular formula is C12H19F3N2O2. The fraction of sp³-hybridized carbons (Fsp3) is 0.917. The predicted octanol–water partition coefficient (Wildman–Crippen LogP) is 1.26. The zero-order valence-electron chi connectivity index (χ0n) is 10.9. The lowest BCUT2D eigenvalue weighted by atomic mass is 9.98. The first-order valence-electron chi connectivity index (χ1n) is 6.61. The van der Waals surface area contributed by atoms with Crippen molar-refractivity contribution in [2.24, 2.45) is 0 Å². The molecule has 19 heavy (non-hydrogen) atoms. The van der Waals surface area contributed by atoms with Crippen molar-refractivity contribution in [2.75, 3.05) is 32.8 Å². The van der Waals surface area contributed by atoms with Crippen LogP contribution < -0.4 is 0 Å². The molecular weight excluding hydrogens is 261 g/mol. The maximum Gasteiger partial charge on any atom is 0.397 e. The van der Waals surface area contributed by atoms with Crippen LogP contribution in [-0.4, -0.2) is 66.8 Å². The highest BCUT2D eigenvalue weighted by molar-refractivity contribution is 5.77. The van der Waals surface area contributed by atoms with Crippen molar-refractivity contribution in [3.05, 3.63) is 0 Å². The number of amides is 1. The quantitative estimate of drug-likeness (QED) is 0.763. The third-order valence-corrected chi connectivity index (χ3v) is 3.79. The monoisotopic (exact) mass is 280 g/mol. The molecule has 1 amide bonds. The molecule has 2 aliphatic rings. The van der Waals surface area contributed by atoms with Gasteiger partial charge in [-0.05, 0) is 13.0 Å². The number of hydrogen-bond acceptors (Lipinski definition) is 3. The molecule has 0 bridgehead atoms. The van der Waals surface area contributed by atoms with Crippen molar-refractivity contribution in [3.8, 4) is 0 Å². The van der Waals surface area contributed by atoms with E-state index < -0.39 is 18.5 Å². The number of rotatable bonds is 2. The summed E-state index contributed by atoms with van der Waals surface area (Å²) in [5.41, 5.74) is 0. The van der Waals surface area contributed by atoms with Gasteiger partial charge in [-0.1, -0.05) is 6.92 Å². The van der Waals surface area contributed by atoms with E-state index in [1.807, 2.05) is 6.92 Å². The van der Waals surface area contributed by atoms with Gasteiger partial charge in [-0.2, -0.15) is 13.2 Å². The van der Waals surface area contributed by atoms with Gasteiger partial charge >= 0.3 is 6.18 Å². The summed E-state index contributed by atoms with van der Waals surface area (Å²) in [4.78, 5) is 15.3. The Bertz CT molecular complexity index is 335. The Balaban J connectivity index is 2.00. The molecule has 0 radical (unpaired) electrons. The number of ether oxygens (including phenoxy) is 1. The van der Waals surface area contributed by atoms with Crippen molar-refractivity contribution in [1.82, 2.24) is 9.80 Å². The lowest BCUT2D eigenvalue weighted by molar-refractivity contribution is -0.174. The van der Waals surface area contributed by atoms with Gasteiger partial charge in [0, 0.05) is 19.6 Å². The minimum Gasteiger partial charge on any atom is -0.373 e. The van der Waals surface area contributed by atoms with E-state index in [1.54, 1.807) is 0 Å². The molecule has 2 atom stereocenters. The molecule has 110 valence electrons. The van der Waals surface area contributed by atoms with Crippen LogP contribution >= 0.6 is 0 Å². The number of nitrogens with zero attached hydrogens (tertiary/aromatic N) is 2. The Labute approximate surface area is 110 Å². The summed E-state index contributed by atoms with van der Waals surface area (Å²) in [7, 11) is 0. The average molecular weight is 280 g/mol. The standard InChI is InChI=1S/C12H19F3N2O2/c1-2-16-4-3-9-10(8-16)19-6-5-17(9)11(18)7-12(13,14)15/h9-10H,2-8H2,1H3/t9-,10+/m0/s1. The second kappa shape index (κ2) is 5.66. The molecule has 2 fully saturated rings. The molecule has 0 aromatic heterocycles. The molecule has 7 heteroatoms. The Morgan fingerprint density at radius 3 is 2.74 bits per heavy atom. The van der Waals surface area contributed by atoms with Gasteiger partial charge in [-0.25, -0.2) is 0 Å². The fourth-order valence-electron chi connectivity index (χ4n) is 2.83. The van der Waals surface area contributed by atoms with Crippen molar-refractivity contribution >= 4 is 5.91 Å². The molecule has 0 unspecified atom stereocenters. The number of alkyl halides is 3. The third-order valence-electron chi connectivity index (χ3n) is 3.79. The van der Waals surface area contributed by atoms with Crippen molar-refractivity contribution < 1.29 is 22.7 Å². The Morgan fingerprint density at radius 1 is 1.37 bits per heavy atom. The molecule has 2 saturated heterocycles. The number of halogens is 3. The smallest absolute Gasteiger partial charge is 0.373 e. The van der Waals surface area contributed by atoms with E-state index in [0.29, 0.717) is 19.6 Å². The van der Waals surface area contributed by atoms with Gasteiger partial charge in [0.25, 0.3) is 0 Å². The maximum atomic E-state index is 12.3. The topological polar surface area (TPSA) is 32.8 Å². The van der Waals surface area contributed by atoms with E-state index in [0.717, 1.165) is 13.1 Å². The highest BCUT2D eigenvalue weighted by Gasteiger charge is 2.41. The minimum absolute atomic E-state index is 0.153. The molecule has 0 spiro atoms. The van der Waals surface area contributed by atoms with E-state index >= 15 is 0 Å². The van der Waals surface area contributed by atoms with Crippen LogP contribution in [0.2, 0.25) is 0 Å². The number of hydrogen-bond donors (Lipinski definition) is 0. The first kappa shape index (κ1) is 14.6. The van der Waals surface area contributed by atoms with Crippen LogP contribution in [0.4, 0.5) is 13.2 Å². The second-order valence-corrected chi connectivity index (χ2v) is 5.04. The van der Waals surface area contributed by atoms with Gasteiger partial charge in [-0.15, -0.1) is 0 Å². The van der Waals surface area contributed by atoms with E-state index in [1.165, 1.54) is 4.90 Å². The highest BCUT2D eigenvalue weighted by Crippen LogP contribution is 2.27. The summed E-state index contributed by atoms with van der Waals surface area (Å²) in [5.74, 6) is -0.823. The first-order valence-corrected chi connectivity index (χ1v) is 6.61. The van der Waals surface area contributed by atoms with Crippen molar-refractivity contribution in [3.63, 3.8) is 0 Å². The lowest BCUT2D eigenvalue weighted by Crippen LogP contribution is -2.60. The van der Waals surface area contributed by atoms with E-state index in [-0.39, 0.29) is 18.7 Å². The van der Waals surface area contributed by atoms with Crippen LogP contribution in [0.15, 0.2) is 0 Å². The van der Waals surface area contributed by atoms with Gasteiger partial charge in [0.15, 0.2) is 0 Å². The predicted molar refractivity (Wildman–Crippen MR) is 62.6 cm³/mol. The van der Waals surface area contributed by atoms with Gasteiger partial charge < -0.3 is 14.5 Å². The molecule has 0 N–H and O–H groups in total. The lowest BCUT2D eigenvalue weighted by Gasteiger charge is -2.46. The van der Waals surface area contributed by atoms with Gasteiger partial charge in [-0.3, -0.25) is 4.79 Å². The Morgan fingerprint density at radius 2 is 2.11 bits per heavy atom. The second-order valence-electron chi connectivity index (χ2n) is 5.04. The van der Waals surface area contributed by atoms with E-state index in [4.69, 9.17) is 4.74 Å². The number of piperidine rings is 1. The maximum absolute atomic E-state index is 12.3. The number of morpholine rings is 1. The summed E-state index contributed by atoms with van der Waals surface area (Å²) < 4.78 is 42.6. The average Bonchev–Trinajstić information content (AvgIpc) is 2.35. The van der Waals surface area contributed by atoms with Crippen molar-refractivity contribution in [2.45, 2.75) is 38.1 Å². The van der Waals surface area contributed by atoms with Crippen LogP contribution in [0.3, 0.4) is 0 Å². The Hall–Kier alpha value is -0.820. The molecule has 0 saturated carbocycles. The number of likely N-dealkylation sites (tertiary alicyclic amines) is 1. The van der Waals surface area contributed by atoms with Crippen LogP contribution in [0.1, 0.15) is 19.8 Å². The van der Waals surface area contributed by atoms with Gasteiger partial charge in [0.1, 0.15) is 6.42 Å². The third kappa shape index (κ3) is 3.60. The molecule has 2 rings (SSSR count). The van der Waals surface area contributed by atoms with Crippen molar-refractivity contribution in [1.29, 1.82) is 0 Å². The van der Waals surface area contributed by atoms with Crippen LogP contribution in [0, 0.1) is 0 Å². The fourth-order valence-corrected chi connectivity index (χ4v) is 2.83. The van der Waals surface area contributed by atoms with Crippen LogP contribution in [-0.2, 0) is 9.53 Å². The number of fused-ring (bicyclic) bond motifs is 1. The molecule has 4 nitrogen and oxygen atoms in total. The largest absolute Gasteiger partial charge is 0.397 e. The Kier molecular flexibility index (Phi) is 4.35. The number of likely N-dealkylation sites (N-methyl/N-ethyl adjacent to an activating group) is 1. The number of carbonyl (C=O) groups excluding carboxylic acids is 1. The van der Waals surface area contributed by atoms with Crippen LogP contribution in [0.25, 0.3) is 0 Å². The SMILES string of the molecule is CCN1CC[C@H]2[C@@H](C1)OCCN2C(=O)CC(F)(F)F. The van der Waals surface area contributed by atoms with E-state index in [2.05, 4.69) is 4.90 Å². The summed E-state index contributed by atoms with van der Waals surface area (Å²) in [6.45, 7) is 5.01. The number of carbonyl (C=O) groups is 1. The summed E-state index contributed by atoms with van der Waals surface area (Å²) in [6, 6.07) is -0.202. The first-order chi connectivity index (χ1) is 8.90. The molecule has 0 aromatic rings. The molecule has 2 heterocycles. The molecule has 0 aliphatic carbocycles. The van der Waals surface area contributed by atoms with Crippen LogP contribution in [0.5, 0.6) is 0 Å². The zero-order chi connectivity index (χ0) is 14.0. The van der Waals surface area contributed by atoms with E-state index in [9.17, 15) is 18.0 Å². The zero-order valence-corrected chi connectivity index (χ0v) is 10.9. The molecule has 0 aromatic carbocycles. The summed E-state index contributed by atoms with van der Waals surface area (Å²) in [5, 5.41) is 0. The minimum atomic E-state index is -4.44.